The lowest BCUT2D eigenvalue weighted by molar-refractivity contribution is -0.138. The standard InChI is InChI=1S/C14H34O5Si4/c1-13(2)14(15)17-11-12-23(16,19-21(6,7)8)22(9,10)18-20(3,4)5/h16H,1,11-12H2,2-10H3. The topological polar surface area (TPSA) is 65.0 Å². The van der Waals surface area contributed by atoms with E-state index in [9.17, 15) is 9.59 Å². The van der Waals surface area contributed by atoms with E-state index in [0.29, 0.717) is 11.6 Å². The number of esters is 1. The summed E-state index contributed by atoms with van der Waals surface area (Å²) in [6.45, 7) is 21.9. The lowest BCUT2D eigenvalue weighted by atomic mass is 10.4. The fraction of sp³-hybridized carbons (Fsp3) is 0.786. The van der Waals surface area contributed by atoms with E-state index in [1.807, 2.05) is 13.1 Å². The molecule has 0 aliphatic rings. The molecule has 5 nitrogen and oxygen atoms in total. The van der Waals surface area contributed by atoms with Gasteiger partial charge in [0.25, 0.3) is 0 Å². The molecule has 0 rings (SSSR count). The molecule has 9 heteroatoms. The third-order valence-electron chi connectivity index (χ3n) is 3.00. The number of carbonyl (C=O) groups excluding carboxylic acids is 1. The van der Waals surface area contributed by atoms with E-state index < -0.39 is 38.5 Å². The zero-order valence-electron chi connectivity index (χ0n) is 16.2. The second-order valence-electron chi connectivity index (χ2n) is 8.39. The third-order valence-corrected chi connectivity index (χ3v) is 22.3. The maximum Gasteiger partial charge on any atom is 0.338 e. The van der Waals surface area contributed by atoms with Gasteiger partial charge >= 0.3 is 14.0 Å². The molecule has 0 saturated carbocycles. The molecular formula is C14H34O5Si4. The van der Waals surface area contributed by atoms with Gasteiger partial charge in [-0.25, -0.2) is 4.79 Å². The highest BCUT2D eigenvalue weighted by Crippen LogP contribution is 2.29. The molecule has 0 amide bonds. The van der Waals surface area contributed by atoms with E-state index in [1.54, 1.807) is 6.92 Å². The summed E-state index contributed by atoms with van der Waals surface area (Å²) in [5.41, 5.74) is 0.358. The van der Waals surface area contributed by atoms with Crippen LogP contribution in [-0.4, -0.2) is 49.9 Å². The van der Waals surface area contributed by atoms with E-state index in [-0.39, 0.29) is 6.61 Å². The Morgan fingerprint density at radius 2 is 1.39 bits per heavy atom. The Hall–Kier alpha value is -0.0425. The van der Waals surface area contributed by atoms with Crippen molar-refractivity contribution < 1.29 is 22.6 Å². The third kappa shape index (κ3) is 8.56. The predicted molar refractivity (Wildman–Crippen MR) is 105 cm³/mol. The summed E-state index contributed by atoms with van der Waals surface area (Å²) in [7, 11) is -9.32. The quantitative estimate of drug-likeness (QED) is 0.368. The van der Waals surface area contributed by atoms with Gasteiger partial charge in [0.15, 0.2) is 16.6 Å². The number of carbonyl (C=O) groups is 1. The number of hydrogen-bond acceptors (Lipinski definition) is 5. The van der Waals surface area contributed by atoms with Crippen molar-refractivity contribution in [1.82, 2.24) is 0 Å². The summed E-state index contributed by atoms with van der Waals surface area (Å²) in [6, 6.07) is 0.347. The Kier molecular flexibility index (Phi) is 7.88. The zero-order valence-corrected chi connectivity index (χ0v) is 20.2. The Labute approximate surface area is 145 Å². The molecule has 1 N–H and O–H groups in total. The minimum absolute atomic E-state index is 0.143. The summed E-state index contributed by atoms with van der Waals surface area (Å²) >= 11 is 0. The van der Waals surface area contributed by atoms with Crippen molar-refractivity contribution in [3.8, 4) is 0 Å². The zero-order chi connectivity index (χ0) is 18.7. The van der Waals surface area contributed by atoms with E-state index >= 15 is 0 Å². The van der Waals surface area contributed by atoms with Crippen LogP contribution in [0, 0.1) is 0 Å². The molecular weight excluding hydrogens is 360 g/mol. The molecule has 0 aromatic heterocycles. The molecule has 0 saturated heterocycles. The van der Waals surface area contributed by atoms with E-state index in [4.69, 9.17) is 13.0 Å². The normalized spacial score (nSPS) is 15.9. The van der Waals surface area contributed by atoms with Crippen LogP contribution in [0.15, 0.2) is 12.2 Å². The van der Waals surface area contributed by atoms with Crippen LogP contribution in [0.2, 0.25) is 58.4 Å². The van der Waals surface area contributed by atoms with Gasteiger partial charge < -0.3 is 17.8 Å². The van der Waals surface area contributed by atoms with Crippen LogP contribution >= 0.6 is 0 Å². The fourth-order valence-electron chi connectivity index (χ4n) is 2.23. The highest BCUT2D eigenvalue weighted by Gasteiger charge is 2.56. The van der Waals surface area contributed by atoms with E-state index in [1.165, 1.54) is 0 Å². The minimum Gasteiger partial charge on any atom is -0.462 e. The van der Waals surface area contributed by atoms with Gasteiger partial charge in [-0.15, -0.1) is 0 Å². The summed E-state index contributed by atoms with van der Waals surface area (Å²) in [6.07, 6.45) is 0. The van der Waals surface area contributed by atoms with Crippen molar-refractivity contribution in [2.24, 2.45) is 0 Å². The molecule has 1 atom stereocenters. The first-order chi connectivity index (χ1) is 9.99. The van der Waals surface area contributed by atoms with Crippen molar-refractivity contribution in [3.63, 3.8) is 0 Å². The molecule has 0 spiro atoms. The van der Waals surface area contributed by atoms with Gasteiger partial charge in [0.1, 0.15) is 0 Å². The monoisotopic (exact) mass is 394 g/mol. The van der Waals surface area contributed by atoms with Gasteiger partial charge in [-0.2, -0.15) is 0 Å². The molecule has 0 aliphatic carbocycles. The Balaban J connectivity index is 5.24. The molecule has 0 heterocycles. The summed E-state index contributed by atoms with van der Waals surface area (Å²) in [4.78, 5) is 22.9. The first kappa shape index (κ1) is 23.0. The summed E-state index contributed by atoms with van der Waals surface area (Å²) < 4.78 is 17.8. The maximum atomic E-state index is 11.6. The van der Waals surface area contributed by atoms with Crippen LogP contribution in [0.4, 0.5) is 0 Å². The molecule has 136 valence electrons. The Morgan fingerprint density at radius 3 is 1.74 bits per heavy atom. The molecule has 0 aliphatic heterocycles. The highest BCUT2D eigenvalue weighted by molar-refractivity contribution is 7.35. The Morgan fingerprint density at radius 1 is 0.957 bits per heavy atom. The van der Waals surface area contributed by atoms with Crippen LogP contribution in [0.5, 0.6) is 0 Å². The molecule has 0 aromatic carbocycles. The lowest BCUT2D eigenvalue weighted by Gasteiger charge is -2.44. The highest BCUT2D eigenvalue weighted by atomic mass is 29.3. The van der Waals surface area contributed by atoms with Gasteiger partial charge in [-0.1, -0.05) is 6.58 Å². The van der Waals surface area contributed by atoms with Crippen molar-refractivity contribution in [1.29, 1.82) is 0 Å². The summed E-state index contributed by atoms with van der Waals surface area (Å²) in [5.74, 6) is -0.431. The smallest absolute Gasteiger partial charge is 0.338 e. The van der Waals surface area contributed by atoms with Gasteiger partial charge in [0, 0.05) is 11.6 Å². The molecule has 1 unspecified atom stereocenters. The maximum absolute atomic E-state index is 11.6. The lowest BCUT2D eigenvalue weighted by Crippen LogP contribution is -2.69. The number of ether oxygens (including phenoxy) is 1. The first-order valence-electron chi connectivity index (χ1n) is 7.94. The first-order valence-corrected chi connectivity index (χ1v) is 20.7. The predicted octanol–water partition coefficient (Wildman–Crippen LogP) is 3.53. The second kappa shape index (κ2) is 7.89. The van der Waals surface area contributed by atoms with Gasteiger partial charge in [-0.05, 0) is 59.3 Å². The average Bonchev–Trinajstić information content (AvgIpc) is 2.22. The van der Waals surface area contributed by atoms with Crippen LogP contribution in [0.1, 0.15) is 6.92 Å². The second-order valence-corrected chi connectivity index (χ2v) is 29.5. The average molecular weight is 395 g/mol. The fourth-order valence-corrected chi connectivity index (χ4v) is 26.7. The summed E-state index contributed by atoms with van der Waals surface area (Å²) in [5, 5.41) is 0. The number of hydrogen-bond donors (Lipinski definition) is 1. The van der Waals surface area contributed by atoms with Crippen LogP contribution in [-0.2, 0) is 17.8 Å². The van der Waals surface area contributed by atoms with E-state index in [2.05, 4.69) is 45.9 Å². The molecule has 0 aromatic rings. The number of rotatable bonds is 9. The van der Waals surface area contributed by atoms with Gasteiger partial charge in [0.2, 0.25) is 7.83 Å². The van der Waals surface area contributed by atoms with Crippen LogP contribution in [0.25, 0.3) is 0 Å². The van der Waals surface area contributed by atoms with Crippen LogP contribution in [0.3, 0.4) is 0 Å². The van der Waals surface area contributed by atoms with E-state index in [0.717, 1.165) is 0 Å². The van der Waals surface area contributed by atoms with Gasteiger partial charge in [-0.3, -0.25) is 0 Å². The molecule has 0 fully saturated rings. The largest absolute Gasteiger partial charge is 0.462 e. The SMILES string of the molecule is C=C(C)C(=O)OCC[Si](O)(O[Si](C)(C)C)[Si](C)(C)O[Si](C)(C)C. The van der Waals surface area contributed by atoms with Gasteiger partial charge in [0.05, 0.1) is 6.61 Å². The van der Waals surface area contributed by atoms with Crippen molar-refractivity contribution in [2.75, 3.05) is 6.61 Å². The minimum atomic E-state index is -3.12. The molecule has 0 bridgehead atoms. The van der Waals surface area contributed by atoms with Crippen LogP contribution < -0.4 is 0 Å². The molecule has 23 heavy (non-hydrogen) atoms. The Bertz CT molecular complexity index is 439. The van der Waals surface area contributed by atoms with Crippen molar-refractivity contribution >= 4 is 38.5 Å². The van der Waals surface area contributed by atoms with Crippen molar-refractivity contribution in [2.45, 2.75) is 65.3 Å². The molecule has 0 radical (unpaired) electrons. The van der Waals surface area contributed by atoms with Crippen molar-refractivity contribution in [3.05, 3.63) is 12.2 Å².